The van der Waals surface area contributed by atoms with Gasteiger partial charge in [0.2, 0.25) is 5.91 Å². The number of ether oxygens (including phenoxy) is 2. The van der Waals surface area contributed by atoms with Crippen LogP contribution in [0.3, 0.4) is 0 Å². The standard InChI is InChI=1S/C18H26N2O4/c1-3-23-16-6-5-14(11-17(16)24-4-2)15(21)12-20-9-7-13(8-10-20)18(19)22/h5-6,11,13H,3-4,7-10,12H2,1-2H3,(H2,19,22). The molecule has 1 aliphatic rings. The van der Waals surface area contributed by atoms with Gasteiger partial charge in [0, 0.05) is 11.5 Å². The Morgan fingerprint density at radius 2 is 1.75 bits per heavy atom. The number of benzene rings is 1. The summed E-state index contributed by atoms with van der Waals surface area (Å²) in [7, 11) is 0. The molecule has 0 atom stereocenters. The molecule has 132 valence electrons. The van der Waals surface area contributed by atoms with Gasteiger partial charge in [0.15, 0.2) is 17.3 Å². The predicted octanol–water partition coefficient (Wildman–Crippen LogP) is 1.86. The fraction of sp³-hybridized carbons (Fsp3) is 0.556. The molecule has 1 fully saturated rings. The highest BCUT2D eigenvalue weighted by molar-refractivity contribution is 5.98. The van der Waals surface area contributed by atoms with Gasteiger partial charge in [-0.3, -0.25) is 14.5 Å². The summed E-state index contributed by atoms with van der Waals surface area (Å²) in [5.41, 5.74) is 5.95. The fourth-order valence-corrected chi connectivity index (χ4v) is 2.89. The van der Waals surface area contributed by atoms with Crippen LogP contribution in [0.4, 0.5) is 0 Å². The zero-order valence-corrected chi connectivity index (χ0v) is 14.4. The van der Waals surface area contributed by atoms with Crippen molar-refractivity contribution in [2.24, 2.45) is 11.7 Å². The first-order chi connectivity index (χ1) is 11.5. The van der Waals surface area contributed by atoms with Crippen LogP contribution in [0.15, 0.2) is 18.2 Å². The van der Waals surface area contributed by atoms with Crippen molar-refractivity contribution >= 4 is 11.7 Å². The minimum absolute atomic E-state index is 0.0385. The van der Waals surface area contributed by atoms with Crippen LogP contribution >= 0.6 is 0 Å². The molecule has 0 aromatic heterocycles. The zero-order chi connectivity index (χ0) is 17.5. The highest BCUT2D eigenvalue weighted by Gasteiger charge is 2.24. The largest absolute Gasteiger partial charge is 0.490 e. The highest BCUT2D eigenvalue weighted by atomic mass is 16.5. The lowest BCUT2D eigenvalue weighted by molar-refractivity contribution is -0.123. The van der Waals surface area contributed by atoms with Gasteiger partial charge in [0.1, 0.15) is 0 Å². The minimum atomic E-state index is -0.242. The molecule has 1 amide bonds. The van der Waals surface area contributed by atoms with E-state index >= 15 is 0 Å². The number of rotatable bonds is 8. The second-order valence-electron chi connectivity index (χ2n) is 5.90. The summed E-state index contributed by atoms with van der Waals surface area (Å²) < 4.78 is 11.1. The van der Waals surface area contributed by atoms with Gasteiger partial charge in [-0.15, -0.1) is 0 Å². The van der Waals surface area contributed by atoms with Crippen molar-refractivity contribution in [1.29, 1.82) is 0 Å². The third-order valence-electron chi connectivity index (χ3n) is 4.22. The van der Waals surface area contributed by atoms with Crippen molar-refractivity contribution in [3.8, 4) is 11.5 Å². The van der Waals surface area contributed by atoms with Gasteiger partial charge in [-0.2, -0.15) is 0 Å². The van der Waals surface area contributed by atoms with Gasteiger partial charge in [-0.05, 0) is 58.0 Å². The minimum Gasteiger partial charge on any atom is -0.490 e. The summed E-state index contributed by atoms with van der Waals surface area (Å²) in [6.07, 6.45) is 1.44. The Bertz CT molecular complexity index is 580. The maximum Gasteiger partial charge on any atom is 0.220 e. The number of primary amides is 1. The molecular formula is C18H26N2O4. The van der Waals surface area contributed by atoms with E-state index in [0.717, 1.165) is 12.8 Å². The lowest BCUT2D eigenvalue weighted by Crippen LogP contribution is -2.40. The van der Waals surface area contributed by atoms with Crippen molar-refractivity contribution in [2.45, 2.75) is 26.7 Å². The molecule has 0 unspecified atom stereocenters. The Labute approximate surface area is 142 Å². The summed E-state index contributed by atoms with van der Waals surface area (Å²) in [5.74, 6) is 0.979. The maximum absolute atomic E-state index is 12.5. The van der Waals surface area contributed by atoms with Crippen LogP contribution in [0.1, 0.15) is 37.0 Å². The van der Waals surface area contributed by atoms with Crippen LogP contribution in [0.2, 0.25) is 0 Å². The molecule has 0 radical (unpaired) electrons. The summed E-state index contributed by atoms with van der Waals surface area (Å²) in [5, 5.41) is 0. The van der Waals surface area contributed by atoms with E-state index in [1.807, 2.05) is 13.8 Å². The lowest BCUT2D eigenvalue weighted by Gasteiger charge is -2.29. The monoisotopic (exact) mass is 334 g/mol. The SMILES string of the molecule is CCOc1ccc(C(=O)CN2CCC(C(N)=O)CC2)cc1OCC. The van der Waals surface area contributed by atoms with Crippen molar-refractivity contribution in [3.63, 3.8) is 0 Å². The number of ketones is 1. The topological polar surface area (TPSA) is 81.9 Å². The van der Waals surface area contributed by atoms with Gasteiger partial charge >= 0.3 is 0 Å². The van der Waals surface area contributed by atoms with Crippen molar-refractivity contribution in [1.82, 2.24) is 4.90 Å². The number of nitrogens with two attached hydrogens (primary N) is 1. The molecule has 2 rings (SSSR count). The average Bonchev–Trinajstić information content (AvgIpc) is 2.57. The number of Topliss-reactive ketones (excluding diaryl/α,β-unsaturated/α-hetero) is 1. The summed E-state index contributed by atoms with van der Waals surface area (Å²) in [6, 6.07) is 5.29. The van der Waals surface area contributed by atoms with E-state index in [2.05, 4.69) is 4.90 Å². The van der Waals surface area contributed by atoms with Crippen LogP contribution in [-0.4, -0.2) is 49.4 Å². The third kappa shape index (κ3) is 4.71. The maximum atomic E-state index is 12.5. The number of hydrogen-bond donors (Lipinski definition) is 1. The number of carbonyl (C=O) groups is 2. The van der Waals surface area contributed by atoms with Gasteiger partial charge in [0.25, 0.3) is 0 Å². The van der Waals surface area contributed by atoms with E-state index in [1.54, 1.807) is 18.2 Å². The van der Waals surface area contributed by atoms with E-state index in [4.69, 9.17) is 15.2 Å². The zero-order valence-electron chi connectivity index (χ0n) is 14.4. The average molecular weight is 334 g/mol. The molecule has 0 bridgehead atoms. The molecule has 24 heavy (non-hydrogen) atoms. The Morgan fingerprint density at radius 1 is 1.12 bits per heavy atom. The number of carbonyl (C=O) groups excluding carboxylic acids is 2. The Kier molecular flexibility index (Phi) is 6.61. The Hall–Kier alpha value is -2.08. The predicted molar refractivity (Wildman–Crippen MR) is 91.5 cm³/mol. The molecule has 1 heterocycles. The van der Waals surface area contributed by atoms with Crippen LogP contribution < -0.4 is 15.2 Å². The Morgan fingerprint density at radius 3 is 2.33 bits per heavy atom. The molecular weight excluding hydrogens is 308 g/mol. The number of likely N-dealkylation sites (tertiary alicyclic amines) is 1. The number of hydrogen-bond acceptors (Lipinski definition) is 5. The van der Waals surface area contributed by atoms with Gasteiger partial charge in [-0.25, -0.2) is 0 Å². The molecule has 1 aromatic carbocycles. The van der Waals surface area contributed by atoms with Gasteiger partial charge in [-0.1, -0.05) is 0 Å². The van der Waals surface area contributed by atoms with E-state index in [-0.39, 0.29) is 17.6 Å². The fourth-order valence-electron chi connectivity index (χ4n) is 2.89. The highest BCUT2D eigenvalue weighted by Crippen LogP contribution is 2.29. The summed E-state index contributed by atoms with van der Waals surface area (Å²) in [4.78, 5) is 25.8. The number of piperidine rings is 1. The normalized spacial score (nSPS) is 15.9. The quantitative estimate of drug-likeness (QED) is 0.734. The molecule has 0 saturated carbocycles. The van der Waals surface area contributed by atoms with Crippen LogP contribution in [0, 0.1) is 5.92 Å². The van der Waals surface area contributed by atoms with E-state index in [1.165, 1.54) is 0 Å². The van der Waals surface area contributed by atoms with Crippen LogP contribution in [-0.2, 0) is 4.79 Å². The second kappa shape index (κ2) is 8.68. The second-order valence-corrected chi connectivity index (χ2v) is 5.90. The Balaban J connectivity index is 1.99. The van der Waals surface area contributed by atoms with E-state index in [0.29, 0.717) is 49.9 Å². The molecule has 1 aromatic rings. The lowest BCUT2D eigenvalue weighted by atomic mass is 9.96. The first-order valence-corrected chi connectivity index (χ1v) is 8.49. The van der Waals surface area contributed by atoms with Gasteiger partial charge in [0.05, 0.1) is 19.8 Å². The molecule has 6 nitrogen and oxygen atoms in total. The molecule has 0 aliphatic carbocycles. The smallest absolute Gasteiger partial charge is 0.220 e. The third-order valence-corrected chi connectivity index (χ3v) is 4.22. The van der Waals surface area contributed by atoms with Crippen LogP contribution in [0.25, 0.3) is 0 Å². The van der Waals surface area contributed by atoms with Gasteiger partial charge < -0.3 is 15.2 Å². The number of nitrogens with zero attached hydrogens (tertiary/aromatic N) is 1. The van der Waals surface area contributed by atoms with Crippen molar-refractivity contribution in [2.75, 3.05) is 32.8 Å². The molecule has 2 N–H and O–H groups in total. The first kappa shape index (κ1) is 18.3. The number of amides is 1. The molecule has 1 aliphatic heterocycles. The van der Waals surface area contributed by atoms with E-state index in [9.17, 15) is 9.59 Å². The summed E-state index contributed by atoms with van der Waals surface area (Å²) >= 11 is 0. The van der Waals surface area contributed by atoms with Crippen molar-refractivity contribution in [3.05, 3.63) is 23.8 Å². The molecule has 6 heteroatoms. The molecule has 0 spiro atoms. The summed E-state index contributed by atoms with van der Waals surface area (Å²) in [6.45, 7) is 6.63. The van der Waals surface area contributed by atoms with E-state index < -0.39 is 0 Å². The van der Waals surface area contributed by atoms with Crippen molar-refractivity contribution < 1.29 is 19.1 Å². The first-order valence-electron chi connectivity index (χ1n) is 8.49. The van der Waals surface area contributed by atoms with Crippen LogP contribution in [0.5, 0.6) is 11.5 Å². The molecule has 1 saturated heterocycles.